The third-order valence-corrected chi connectivity index (χ3v) is 6.65. The van der Waals surface area contributed by atoms with Crippen molar-refractivity contribution in [3.8, 4) is 0 Å². The van der Waals surface area contributed by atoms with Gasteiger partial charge in [0.15, 0.2) is 0 Å². The van der Waals surface area contributed by atoms with E-state index in [0.717, 1.165) is 0 Å². The summed E-state index contributed by atoms with van der Waals surface area (Å²) >= 11 is 5.80. The van der Waals surface area contributed by atoms with E-state index >= 15 is 0 Å². The fraction of sp³-hybridized carbons (Fsp3) is 0.529. The molecule has 2 N–H and O–H groups in total. The zero-order valence-electron chi connectivity index (χ0n) is 14.6. The highest BCUT2D eigenvalue weighted by Gasteiger charge is 2.45. The van der Waals surface area contributed by atoms with E-state index in [1.807, 2.05) is 13.8 Å². The maximum absolute atomic E-state index is 12.6. The van der Waals surface area contributed by atoms with Crippen molar-refractivity contribution in [3.63, 3.8) is 0 Å². The van der Waals surface area contributed by atoms with Gasteiger partial charge < -0.3 is 10.2 Å². The number of nitrogens with one attached hydrogen (secondary N) is 2. The van der Waals surface area contributed by atoms with Crippen LogP contribution in [-0.4, -0.2) is 49.8 Å². The number of hydrogen-bond acceptors (Lipinski definition) is 4. The van der Waals surface area contributed by atoms with Gasteiger partial charge in [0.2, 0.25) is 21.8 Å². The number of piperidine rings is 1. The van der Waals surface area contributed by atoms with Crippen molar-refractivity contribution in [2.75, 3.05) is 6.54 Å². The largest absolute Gasteiger partial charge is 0.342 e. The molecule has 3 rings (SSSR count). The van der Waals surface area contributed by atoms with Crippen LogP contribution >= 0.6 is 11.6 Å². The van der Waals surface area contributed by atoms with Gasteiger partial charge in [-0.05, 0) is 43.0 Å². The summed E-state index contributed by atoms with van der Waals surface area (Å²) in [5.41, 5.74) is 0. The Kier molecular flexibility index (Phi) is 5.28. The van der Waals surface area contributed by atoms with Crippen molar-refractivity contribution >= 4 is 33.4 Å². The van der Waals surface area contributed by atoms with Crippen LogP contribution in [0.15, 0.2) is 29.2 Å². The average molecular weight is 400 g/mol. The van der Waals surface area contributed by atoms with Gasteiger partial charge in [0.25, 0.3) is 0 Å². The van der Waals surface area contributed by atoms with Crippen molar-refractivity contribution in [2.45, 2.75) is 49.7 Å². The van der Waals surface area contributed by atoms with Crippen molar-refractivity contribution in [2.24, 2.45) is 5.92 Å². The Labute approximate surface area is 158 Å². The second-order valence-corrected chi connectivity index (χ2v) is 9.22. The Balaban J connectivity index is 1.71. The van der Waals surface area contributed by atoms with E-state index in [2.05, 4.69) is 10.0 Å². The zero-order chi connectivity index (χ0) is 19.1. The van der Waals surface area contributed by atoms with Crippen molar-refractivity contribution in [1.29, 1.82) is 0 Å². The Morgan fingerprint density at radius 3 is 2.50 bits per heavy atom. The normalized spacial score (nSPS) is 26.6. The van der Waals surface area contributed by atoms with Gasteiger partial charge >= 0.3 is 0 Å². The molecule has 1 aromatic rings. The van der Waals surface area contributed by atoms with E-state index < -0.39 is 28.1 Å². The fourth-order valence-electron chi connectivity index (χ4n) is 3.43. The maximum Gasteiger partial charge on any atom is 0.246 e. The van der Waals surface area contributed by atoms with Crippen molar-refractivity contribution in [3.05, 3.63) is 29.3 Å². The quantitative estimate of drug-likeness (QED) is 0.793. The monoisotopic (exact) mass is 399 g/mol. The van der Waals surface area contributed by atoms with E-state index in [1.54, 1.807) is 4.90 Å². The lowest BCUT2D eigenvalue weighted by Gasteiger charge is -2.44. The lowest BCUT2D eigenvalue weighted by Crippen LogP contribution is -2.67. The molecule has 9 heteroatoms. The lowest BCUT2D eigenvalue weighted by molar-refractivity contribution is -0.152. The molecule has 3 unspecified atom stereocenters. The number of rotatable bonds is 4. The van der Waals surface area contributed by atoms with Gasteiger partial charge in [-0.25, -0.2) is 13.1 Å². The summed E-state index contributed by atoms with van der Waals surface area (Å²) < 4.78 is 27.7. The standard InChI is InChI=1S/C17H22ClN3O4S/c1-10(2)15-17(23)21-8-7-12(9-14(21)16(22)19-15)20-26(24,25)13-5-3-11(18)4-6-13/h3-6,10,12,14-15,20H,7-9H2,1-2H3,(H,19,22). The van der Waals surface area contributed by atoms with Gasteiger partial charge in [-0.2, -0.15) is 0 Å². The first-order valence-corrected chi connectivity index (χ1v) is 10.4. The van der Waals surface area contributed by atoms with Crippen LogP contribution in [0.25, 0.3) is 0 Å². The molecule has 26 heavy (non-hydrogen) atoms. The van der Waals surface area contributed by atoms with Gasteiger partial charge in [0, 0.05) is 17.6 Å². The SMILES string of the molecule is CC(C)C1NC(=O)C2CC(NS(=O)(=O)c3ccc(Cl)cc3)CCN2C1=O. The molecule has 0 radical (unpaired) electrons. The Morgan fingerprint density at radius 2 is 1.88 bits per heavy atom. The molecular formula is C17H22ClN3O4S. The number of carbonyl (C=O) groups is 2. The Bertz CT molecular complexity index is 810. The second kappa shape index (κ2) is 7.17. The molecule has 2 saturated heterocycles. The number of halogens is 1. The van der Waals surface area contributed by atoms with Gasteiger partial charge in [0.05, 0.1) is 4.90 Å². The van der Waals surface area contributed by atoms with Crippen LogP contribution in [-0.2, 0) is 19.6 Å². The summed E-state index contributed by atoms with van der Waals surface area (Å²) in [7, 11) is -3.71. The number of benzene rings is 1. The first kappa shape index (κ1) is 19.1. The molecule has 2 aliphatic rings. The minimum absolute atomic E-state index is 0.00790. The number of amides is 2. The summed E-state index contributed by atoms with van der Waals surface area (Å²) in [5, 5.41) is 3.22. The minimum Gasteiger partial charge on any atom is -0.342 e. The summed E-state index contributed by atoms with van der Waals surface area (Å²) in [6.07, 6.45) is 0.725. The molecule has 2 heterocycles. The van der Waals surface area contributed by atoms with Crippen LogP contribution in [0.5, 0.6) is 0 Å². The summed E-state index contributed by atoms with van der Waals surface area (Å²) in [6.45, 7) is 4.13. The van der Waals surface area contributed by atoms with Crippen LogP contribution in [0.3, 0.4) is 0 Å². The molecule has 2 aliphatic heterocycles. The topological polar surface area (TPSA) is 95.6 Å². The molecule has 0 aliphatic carbocycles. The lowest BCUT2D eigenvalue weighted by atomic mass is 9.91. The third-order valence-electron chi connectivity index (χ3n) is 4.86. The first-order valence-electron chi connectivity index (χ1n) is 8.58. The van der Waals surface area contributed by atoms with Crippen molar-refractivity contribution in [1.82, 2.24) is 14.9 Å². The van der Waals surface area contributed by atoms with E-state index in [-0.39, 0.29) is 29.0 Å². The highest BCUT2D eigenvalue weighted by atomic mass is 35.5. The molecule has 2 amide bonds. The van der Waals surface area contributed by atoms with E-state index in [9.17, 15) is 18.0 Å². The van der Waals surface area contributed by atoms with Crippen LogP contribution in [0.2, 0.25) is 5.02 Å². The van der Waals surface area contributed by atoms with Crippen LogP contribution in [0, 0.1) is 5.92 Å². The summed E-state index contributed by atoms with van der Waals surface area (Å²) in [6, 6.07) is 4.33. The first-order chi connectivity index (χ1) is 12.2. The fourth-order valence-corrected chi connectivity index (χ4v) is 4.84. The van der Waals surface area contributed by atoms with Crippen LogP contribution < -0.4 is 10.0 Å². The molecule has 1 aromatic carbocycles. The van der Waals surface area contributed by atoms with Crippen molar-refractivity contribution < 1.29 is 18.0 Å². The number of fused-ring (bicyclic) bond motifs is 1. The number of hydrogen-bond donors (Lipinski definition) is 2. The molecule has 142 valence electrons. The molecular weight excluding hydrogens is 378 g/mol. The smallest absolute Gasteiger partial charge is 0.246 e. The molecule has 3 atom stereocenters. The molecule has 0 aromatic heterocycles. The molecule has 7 nitrogen and oxygen atoms in total. The number of nitrogens with zero attached hydrogens (tertiary/aromatic N) is 1. The average Bonchev–Trinajstić information content (AvgIpc) is 2.58. The van der Waals surface area contributed by atoms with E-state index in [4.69, 9.17) is 11.6 Å². The van der Waals surface area contributed by atoms with Gasteiger partial charge in [-0.3, -0.25) is 9.59 Å². The van der Waals surface area contributed by atoms with E-state index in [0.29, 0.717) is 18.0 Å². The predicted molar refractivity (Wildman–Crippen MR) is 97.1 cm³/mol. The zero-order valence-corrected chi connectivity index (χ0v) is 16.2. The highest BCUT2D eigenvalue weighted by Crippen LogP contribution is 2.25. The Morgan fingerprint density at radius 1 is 1.23 bits per heavy atom. The van der Waals surface area contributed by atoms with Crippen LogP contribution in [0.4, 0.5) is 0 Å². The third kappa shape index (κ3) is 3.72. The highest BCUT2D eigenvalue weighted by molar-refractivity contribution is 7.89. The number of sulfonamides is 1. The minimum atomic E-state index is -3.71. The molecule has 0 saturated carbocycles. The van der Waals surface area contributed by atoms with Gasteiger partial charge in [-0.15, -0.1) is 0 Å². The van der Waals surface area contributed by atoms with Gasteiger partial charge in [-0.1, -0.05) is 25.4 Å². The van der Waals surface area contributed by atoms with Crippen LogP contribution in [0.1, 0.15) is 26.7 Å². The molecule has 0 bridgehead atoms. The predicted octanol–water partition coefficient (Wildman–Crippen LogP) is 1.13. The summed E-state index contributed by atoms with van der Waals surface area (Å²) in [4.78, 5) is 26.7. The van der Waals surface area contributed by atoms with Gasteiger partial charge in [0.1, 0.15) is 12.1 Å². The second-order valence-electron chi connectivity index (χ2n) is 7.07. The molecule has 2 fully saturated rings. The number of piperazine rings is 1. The molecule has 0 spiro atoms. The summed E-state index contributed by atoms with van der Waals surface area (Å²) in [5.74, 6) is -0.309. The Hall–Kier alpha value is -1.64. The maximum atomic E-state index is 12.6. The number of carbonyl (C=O) groups excluding carboxylic acids is 2. The van der Waals surface area contributed by atoms with E-state index in [1.165, 1.54) is 24.3 Å².